The van der Waals surface area contributed by atoms with Crippen molar-refractivity contribution in [3.63, 3.8) is 0 Å². The Balaban J connectivity index is 2.90. The third-order valence-electron chi connectivity index (χ3n) is 3.29. The molecule has 0 radical (unpaired) electrons. The summed E-state index contributed by atoms with van der Waals surface area (Å²) in [5.74, 6) is -1.08. The zero-order valence-electron chi connectivity index (χ0n) is 9.86. The molecule has 1 aromatic carbocycles. The largest absolute Gasteiger partial charge is 0.204 e. The lowest BCUT2D eigenvalue weighted by molar-refractivity contribution is 0.257. The molecular formula is C13H17BrF2. The lowest BCUT2D eigenvalue weighted by atomic mass is 9.76. The fourth-order valence-electron chi connectivity index (χ4n) is 1.52. The van der Waals surface area contributed by atoms with Gasteiger partial charge in [-0.2, -0.15) is 0 Å². The molecule has 0 bridgehead atoms. The first kappa shape index (κ1) is 13.6. The van der Waals surface area contributed by atoms with E-state index in [0.717, 1.165) is 17.3 Å². The maximum Gasteiger partial charge on any atom is 0.159 e. The van der Waals surface area contributed by atoms with Crippen LogP contribution in [-0.4, -0.2) is 5.33 Å². The highest BCUT2D eigenvalue weighted by Gasteiger charge is 2.27. The highest BCUT2D eigenvalue weighted by Crippen LogP contribution is 2.33. The molecule has 0 saturated heterocycles. The topological polar surface area (TPSA) is 0 Å². The molecule has 1 unspecified atom stereocenters. The van der Waals surface area contributed by atoms with Gasteiger partial charge < -0.3 is 0 Å². The van der Waals surface area contributed by atoms with E-state index in [1.807, 2.05) is 0 Å². The molecule has 0 amide bonds. The molecule has 1 rings (SSSR count). The molecule has 16 heavy (non-hydrogen) atoms. The van der Waals surface area contributed by atoms with Crippen molar-refractivity contribution >= 4 is 15.9 Å². The van der Waals surface area contributed by atoms with Crippen LogP contribution in [0.25, 0.3) is 0 Å². The predicted octanol–water partition coefficient (Wildman–Crippen LogP) is 4.56. The summed E-state index contributed by atoms with van der Waals surface area (Å²) < 4.78 is 25.9. The fourth-order valence-corrected chi connectivity index (χ4v) is 2.37. The second-order valence-electron chi connectivity index (χ2n) is 4.87. The highest BCUT2D eigenvalue weighted by molar-refractivity contribution is 9.09. The molecule has 0 saturated carbocycles. The van der Waals surface area contributed by atoms with Crippen LogP contribution in [0.1, 0.15) is 26.3 Å². The second-order valence-corrected chi connectivity index (χ2v) is 5.43. The molecule has 90 valence electrons. The van der Waals surface area contributed by atoms with Gasteiger partial charge in [0.1, 0.15) is 0 Å². The van der Waals surface area contributed by atoms with Gasteiger partial charge in [0.05, 0.1) is 0 Å². The highest BCUT2D eigenvalue weighted by atomic mass is 79.9. The summed E-state index contributed by atoms with van der Waals surface area (Å²) >= 11 is 3.50. The van der Waals surface area contributed by atoms with E-state index in [1.165, 1.54) is 12.1 Å². The van der Waals surface area contributed by atoms with Crippen LogP contribution in [0.5, 0.6) is 0 Å². The van der Waals surface area contributed by atoms with Crippen molar-refractivity contribution in [3.8, 4) is 0 Å². The summed E-state index contributed by atoms with van der Waals surface area (Å²) in [6.45, 7) is 6.43. The van der Waals surface area contributed by atoms with Crippen molar-refractivity contribution < 1.29 is 8.78 Å². The smallest absolute Gasteiger partial charge is 0.159 e. The van der Waals surface area contributed by atoms with Crippen molar-refractivity contribution in [3.05, 3.63) is 35.4 Å². The van der Waals surface area contributed by atoms with Gasteiger partial charge in [0.2, 0.25) is 0 Å². The van der Waals surface area contributed by atoms with Gasteiger partial charge in [0, 0.05) is 5.33 Å². The molecule has 0 aliphatic heterocycles. The average molecular weight is 291 g/mol. The van der Waals surface area contributed by atoms with Gasteiger partial charge in [0.15, 0.2) is 11.6 Å². The first-order valence-electron chi connectivity index (χ1n) is 5.39. The van der Waals surface area contributed by atoms with Crippen molar-refractivity contribution in [1.82, 2.24) is 0 Å². The lowest BCUT2D eigenvalue weighted by Crippen LogP contribution is -2.28. The summed E-state index contributed by atoms with van der Waals surface area (Å²) in [5.41, 5.74) is 0.902. The summed E-state index contributed by atoms with van der Waals surface area (Å²) in [7, 11) is 0. The van der Waals surface area contributed by atoms with Crippen molar-refractivity contribution in [2.75, 3.05) is 5.33 Å². The summed E-state index contributed by atoms with van der Waals surface area (Å²) in [5, 5.41) is 0.844. The average Bonchev–Trinajstić information content (AvgIpc) is 2.23. The van der Waals surface area contributed by atoms with Crippen molar-refractivity contribution in [2.45, 2.75) is 27.2 Å². The van der Waals surface area contributed by atoms with Crippen LogP contribution in [0.15, 0.2) is 18.2 Å². The van der Waals surface area contributed by atoms with Crippen LogP contribution in [0, 0.1) is 23.0 Å². The lowest BCUT2D eigenvalue weighted by Gasteiger charge is -2.32. The molecule has 0 fully saturated rings. The Bertz CT molecular complexity index is 363. The maximum atomic E-state index is 13.1. The molecule has 0 heterocycles. The zero-order chi connectivity index (χ0) is 12.3. The molecule has 0 aliphatic rings. The van der Waals surface area contributed by atoms with Crippen LogP contribution in [-0.2, 0) is 6.42 Å². The summed E-state index contributed by atoms with van der Waals surface area (Å²) in [6, 6.07) is 4.14. The predicted molar refractivity (Wildman–Crippen MR) is 66.8 cm³/mol. The van der Waals surface area contributed by atoms with Crippen LogP contribution < -0.4 is 0 Å². The van der Waals surface area contributed by atoms with Crippen LogP contribution in [0.3, 0.4) is 0 Å². The van der Waals surface area contributed by atoms with Gasteiger partial charge in [-0.15, -0.1) is 0 Å². The molecular weight excluding hydrogens is 274 g/mol. The standard InChI is InChI=1S/C13H17BrF2/c1-9(2)13(3,8-14)7-10-4-5-11(15)12(16)6-10/h4-6,9H,7-8H2,1-3H3. The first-order chi connectivity index (χ1) is 7.39. The van der Waals surface area contributed by atoms with Gasteiger partial charge in [0.25, 0.3) is 0 Å². The molecule has 1 aromatic rings. The molecule has 3 heteroatoms. The van der Waals surface area contributed by atoms with E-state index in [0.29, 0.717) is 5.92 Å². The van der Waals surface area contributed by atoms with Gasteiger partial charge in [-0.05, 0) is 35.4 Å². The number of halogens is 3. The Morgan fingerprint density at radius 1 is 1.25 bits per heavy atom. The Labute approximate surface area is 104 Å². The number of hydrogen-bond acceptors (Lipinski definition) is 0. The van der Waals surface area contributed by atoms with E-state index in [2.05, 4.69) is 36.7 Å². The monoisotopic (exact) mass is 290 g/mol. The SMILES string of the molecule is CC(C)C(C)(CBr)Cc1ccc(F)c(F)c1. The quantitative estimate of drug-likeness (QED) is 0.713. The molecule has 0 spiro atoms. The van der Waals surface area contributed by atoms with Crippen molar-refractivity contribution in [2.24, 2.45) is 11.3 Å². The number of hydrogen-bond donors (Lipinski definition) is 0. The molecule has 0 nitrogen and oxygen atoms in total. The van der Waals surface area contributed by atoms with Crippen LogP contribution >= 0.6 is 15.9 Å². The van der Waals surface area contributed by atoms with Crippen LogP contribution in [0.4, 0.5) is 8.78 Å². The van der Waals surface area contributed by atoms with Gasteiger partial charge in [-0.25, -0.2) is 8.78 Å². The van der Waals surface area contributed by atoms with Gasteiger partial charge >= 0.3 is 0 Å². The Kier molecular flexibility index (Phi) is 4.48. The maximum absolute atomic E-state index is 13.1. The van der Waals surface area contributed by atoms with E-state index in [-0.39, 0.29) is 5.41 Å². The van der Waals surface area contributed by atoms with Crippen molar-refractivity contribution in [1.29, 1.82) is 0 Å². The molecule has 0 N–H and O–H groups in total. The number of rotatable bonds is 4. The zero-order valence-corrected chi connectivity index (χ0v) is 11.4. The minimum absolute atomic E-state index is 0.0598. The van der Waals surface area contributed by atoms with Gasteiger partial charge in [-0.1, -0.05) is 42.8 Å². The van der Waals surface area contributed by atoms with Crippen LogP contribution in [0.2, 0.25) is 0 Å². The van der Waals surface area contributed by atoms with Gasteiger partial charge in [-0.3, -0.25) is 0 Å². The number of benzene rings is 1. The Morgan fingerprint density at radius 3 is 2.31 bits per heavy atom. The Morgan fingerprint density at radius 2 is 1.88 bits per heavy atom. The van der Waals surface area contributed by atoms with E-state index >= 15 is 0 Å². The minimum Gasteiger partial charge on any atom is -0.204 e. The summed E-state index contributed by atoms with van der Waals surface area (Å²) in [4.78, 5) is 0. The summed E-state index contributed by atoms with van der Waals surface area (Å²) in [6.07, 6.45) is 0.743. The third kappa shape index (κ3) is 3.03. The molecule has 1 atom stereocenters. The van der Waals surface area contributed by atoms with E-state index < -0.39 is 11.6 Å². The molecule has 0 aromatic heterocycles. The van der Waals surface area contributed by atoms with E-state index in [9.17, 15) is 8.78 Å². The number of alkyl halides is 1. The normalized spacial score (nSPS) is 15.2. The minimum atomic E-state index is -0.783. The van der Waals surface area contributed by atoms with E-state index in [4.69, 9.17) is 0 Å². The van der Waals surface area contributed by atoms with E-state index in [1.54, 1.807) is 6.07 Å². The molecule has 0 aliphatic carbocycles. The third-order valence-corrected chi connectivity index (χ3v) is 4.57. The Hall–Kier alpha value is -0.440. The fraction of sp³-hybridized carbons (Fsp3) is 0.538. The first-order valence-corrected chi connectivity index (χ1v) is 6.51. The second kappa shape index (κ2) is 5.26.